The number of esters is 1. The van der Waals surface area contributed by atoms with Crippen molar-refractivity contribution >= 4 is 5.97 Å². The fraction of sp³-hybridized carbons (Fsp3) is 0.923. The van der Waals surface area contributed by atoms with E-state index in [1.165, 1.54) is 45.6 Å². The van der Waals surface area contributed by atoms with E-state index >= 15 is 0 Å². The zero-order chi connectivity index (χ0) is 11.8. The van der Waals surface area contributed by atoms with Gasteiger partial charge in [-0.3, -0.25) is 4.79 Å². The van der Waals surface area contributed by atoms with Gasteiger partial charge in [-0.15, -0.1) is 0 Å². The van der Waals surface area contributed by atoms with Crippen LogP contribution in [-0.4, -0.2) is 37.6 Å². The molecule has 0 amide bonds. The van der Waals surface area contributed by atoms with Gasteiger partial charge >= 0.3 is 5.97 Å². The largest absolute Gasteiger partial charge is 0.469 e. The van der Waals surface area contributed by atoms with E-state index in [1.807, 2.05) is 0 Å². The summed E-state index contributed by atoms with van der Waals surface area (Å²) in [5.41, 5.74) is 0. The normalized spacial score (nSPS) is 18.4. The molecule has 0 aromatic carbocycles. The first-order valence-corrected chi connectivity index (χ1v) is 6.51. The molecule has 0 unspecified atom stereocenters. The van der Waals surface area contributed by atoms with Crippen LogP contribution in [0.25, 0.3) is 0 Å². The highest BCUT2D eigenvalue weighted by atomic mass is 16.5. The Morgan fingerprint density at radius 1 is 1.25 bits per heavy atom. The summed E-state index contributed by atoms with van der Waals surface area (Å²) in [5, 5.41) is 0. The molecule has 1 rings (SSSR count). The predicted molar refractivity (Wildman–Crippen MR) is 65.4 cm³/mol. The van der Waals surface area contributed by atoms with Gasteiger partial charge in [-0.05, 0) is 32.9 Å². The zero-order valence-corrected chi connectivity index (χ0v) is 10.7. The van der Waals surface area contributed by atoms with E-state index in [9.17, 15) is 4.79 Å². The van der Waals surface area contributed by atoms with Crippen molar-refractivity contribution in [3.8, 4) is 0 Å². The lowest BCUT2D eigenvalue weighted by Crippen LogP contribution is -2.32. The third kappa shape index (κ3) is 4.97. The minimum absolute atomic E-state index is 0.0886. The van der Waals surface area contributed by atoms with Crippen LogP contribution in [0.4, 0.5) is 0 Å². The summed E-state index contributed by atoms with van der Waals surface area (Å²) in [6.07, 6.45) is 9.65. The highest BCUT2D eigenvalue weighted by Crippen LogP contribution is 2.21. The Morgan fingerprint density at radius 2 is 1.88 bits per heavy atom. The van der Waals surface area contributed by atoms with Crippen LogP contribution in [-0.2, 0) is 9.53 Å². The summed E-state index contributed by atoms with van der Waals surface area (Å²) in [7, 11) is 3.64. The number of hydrogen-bond donors (Lipinski definition) is 0. The first kappa shape index (κ1) is 13.5. The average Bonchev–Trinajstić information content (AvgIpc) is 2.57. The Morgan fingerprint density at radius 3 is 2.44 bits per heavy atom. The summed E-state index contributed by atoms with van der Waals surface area (Å²) >= 11 is 0. The van der Waals surface area contributed by atoms with E-state index in [0.29, 0.717) is 6.42 Å². The smallest absolute Gasteiger partial charge is 0.305 e. The number of rotatable bonds is 5. The van der Waals surface area contributed by atoms with Gasteiger partial charge in [0.1, 0.15) is 0 Å². The van der Waals surface area contributed by atoms with E-state index in [1.54, 1.807) is 0 Å². The van der Waals surface area contributed by atoms with Crippen LogP contribution >= 0.6 is 0 Å². The molecule has 0 aliphatic heterocycles. The van der Waals surface area contributed by atoms with Gasteiger partial charge in [-0.2, -0.15) is 0 Å². The number of nitrogens with zero attached hydrogens (tertiary/aromatic N) is 1. The van der Waals surface area contributed by atoms with Crippen molar-refractivity contribution in [2.24, 2.45) is 0 Å². The lowest BCUT2D eigenvalue weighted by molar-refractivity contribution is -0.140. The van der Waals surface area contributed by atoms with Gasteiger partial charge in [0.15, 0.2) is 0 Å². The fourth-order valence-electron chi connectivity index (χ4n) is 2.46. The molecule has 1 aliphatic carbocycles. The van der Waals surface area contributed by atoms with Gasteiger partial charge in [0.05, 0.1) is 7.11 Å². The Labute approximate surface area is 99.1 Å². The van der Waals surface area contributed by atoms with E-state index in [-0.39, 0.29) is 5.97 Å². The molecule has 3 nitrogen and oxygen atoms in total. The average molecular weight is 227 g/mol. The number of methoxy groups -OCH3 is 1. The fourth-order valence-corrected chi connectivity index (χ4v) is 2.46. The standard InChI is InChI=1S/C13H25NO2/c1-14(11-7-10-13(15)16-2)12-8-5-3-4-6-9-12/h12H,3-11H2,1-2H3. The SMILES string of the molecule is COC(=O)CCCN(C)C1CCCCCC1. The summed E-state index contributed by atoms with van der Waals surface area (Å²) in [6, 6.07) is 0.736. The highest BCUT2D eigenvalue weighted by Gasteiger charge is 2.16. The molecule has 0 heterocycles. The summed E-state index contributed by atoms with van der Waals surface area (Å²) in [6.45, 7) is 1.01. The quantitative estimate of drug-likeness (QED) is 0.534. The second-order valence-corrected chi connectivity index (χ2v) is 4.81. The van der Waals surface area contributed by atoms with E-state index in [0.717, 1.165) is 19.0 Å². The molecule has 3 heteroatoms. The molecule has 0 bridgehead atoms. The summed E-state index contributed by atoms with van der Waals surface area (Å²) in [5.74, 6) is -0.0886. The van der Waals surface area contributed by atoms with Crippen molar-refractivity contribution in [1.82, 2.24) is 4.90 Å². The molecule has 0 aromatic rings. The Balaban J connectivity index is 2.17. The molecular weight excluding hydrogens is 202 g/mol. The molecule has 0 spiro atoms. The van der Waals surface area contributed by atoms with Crippen molar-refractivity contribution in [2.45, 2.75) is 57.4 Å². The molecule has 0 radical (unpaired) electrons. The Hall–Kier alpha value is -0.570. The van der Waals surface area contributed by atoms with Crippen molar-refractivity contribution in [2.75, 3.05) is 20.7 Å². The number of ether oxygens (including phenoxy) is 1. The van der Waals surface area contributed by atoms with Crippen LogP contribution in [0.5, 0.6) is 0 Å². The van der Waals surface area contributed by atoms with Crippen molar-refractivity contribution in [3.05, 3.63) is 0 Å². The topological polar surface area (TPSA) is 29.5 Å². The zero-order valence-electron chi connectivity index (χ0n) is 10.7. The van der Waals surface area contributed by atoms with Crippen LogP contribution in [0.15, 0.2) is 0 Å². The first-order valence-electron chi connectivity index (χ1n) is 6.51. The lowest BCUT2D eigenvalue weighted by Gasteiger charge is -2.26. The van der Waals surface area contributed by atoms with Crippen molar-refractivity contribution in [1.29, 1.82) is 0 Å². The van der Waals surface area contributed by atoms with Gasteiger partial charge in [0, 0.05) is 12.5 Å². The Bertz CT molecular complexity index is 198. The number of carbonyl (C=O) groups is 1. The monoisotopic (exact) mass is 227 g/mol. The molecule has 0 atom stereocenters. The molecule has 0 aromatic heterocycles. The third-order valence-electron chi connectivity index (χ3n) is 3.57. The van der Waals surface area contributed by atoms with Crippen LogP contribution in [0.2, 0.25) is 0 Å². The second kappa shape index (κ2) is 7.66. The highest BCUT2D eigenvalue weighted by molar-refractivity contribution is 5.69. The minimum atomic E-state index is -0.0886. The van der Waals surface area contributed by atoms with Crippen molar-refractivity contribution < 1.29 is 9.53 Å². The molecule has 1 aliphatic rings. The van der Waals surface area contributed by atoms with Crippen LogP contribution < -0.4 is 0 Å². The maximum absolute atomic E-state index is 11.0. The maximum atomic E-state index is 11.0. The predicted octanol–water partition coefficient (Wildman–Crippen LogP) is 2.59. The van der Waals surface area contributed by atoms with E-state index in [2.05, 4.69) is 16.7 Å². The van der Waals surface area contributed by atoms with Crippen LogP contribution in [0.1, 0.15) is 51.4 Å². The summed E-state index contributed by atoms with van der Waals surface area (Å²) in [4.78, 5) is 13.4. The molecule has 94 valence electrons. The molecule has 1 fully saturated rings. The summed E-state index contributed by atoms with van der Waals surface area (Å²) < 4.78 is 4.64. The van der Waals surface area contributed by atoms with Crippen molar-refractivity contribution in [3.63, 3.8) is 0 Å². The molecule has 1 saturated carbocycles. The molecule has 0 saturated heterocycles. The van der Waals surface area contributed by atoms with Gasteiger partial charge in [-0.1, -0.05) is 25.7 Å². The van der Waals surface area contributed by atoms with Gasteiger partial charge < -0.3 is 9.64 Å². The van der Waals surface area contributed by atoms with Crippen LogP contribution in [0.3, 0.4) is 0 Å². The lowest BCUT2D eigenvalue weighted by atomic mass is 10.1. The minimum Gasteiger partial charge on any atom is -0.469 e. The van der Waals surface area contributed by atoms with E-state index in [4.69, 9.17) is 0 Å². The van der Waals surface area contributed by atoms with Gasteiger partial charge in [0.2, 0.25) is 0 Å². The molecular formula is C13H25NO2. The number of carbonyl (C=O) groups excluding carboxylic acids is 1. The maximum Gasteiger partial charge on any atom is 0.305 e. The molecule has 0 N–H and O–H groups in total. The third-order valence-corrected chi connectivity index (χ3v) is 3.57. The first-order chi connectivity index (χ1) is 7.74. The Kier molecular flexibility index (Phi) is 6.46. The van der Waals surface area contributed by atoms with Gasteiger partial charge in [-0.25, -0.2) is 0 Å². The second-order valence-electron chi connectivity index (χ2n) is 4.81. The molecule has 16 heavy (non-hydrogen) atoms. The van der Waals surface area contributed by atoms with E-state index < -0.39 is 0 Å². The van der Waals surface area contributed by atoms with Crippen LogP contribution in [0, 0.1) is 0 Å². The van der Waals surface area contributed by atoms with Gasteiger partial charge in [0.25, 0.3) is 0 Å². The number of hydrogen-bond acceptors (Lipinski definition) is 3.